The van der Waals surface area contributed by atoms with Crippen LogP contribution in [0.25, 0.3) is 11.0 Å². The Bertz CT molecular complexity index is 1350. The molecule has 0 saturated heterocycles. The molecule has 0 atom stereocenters. The number of rotatable bonds is 9. The zero-order valence-electron chi connectivity index (χ0n) is 17.7. The van der Waals surface area contributed by atoms with Gasteiger partial charge in [0.15, 0.2) is 0 Å². The van der Waals surface area contributed by atoms with E-state index in [0.29, 0.717) is 29.8 Å². The molecule has 9 heteroatoms. The fourth-order valence-corrected chi connectivity index (χ4v) is 6.13. The molecule has 4 aromatic rings. The predicted octanol–water partition coefficient (Wildman–Crippen LogP) is 4.81. The molecule has 1 heterocycles. The summed E-state index contributed by atoms with van der Waals surface area (Å²) < 4.78 is 55.8. The van der Waals surface area contributed by atoms with Crippen molar-refractivity contribution >= 4 is 32.8 Å². The number of nitrogens with zero attached hydrogens (tertiary/aromatic N) is 3. The Morgan fingerprint density at radius 2 is 1.70 bits per heavy atom. The number of hydrogen-bond acceptors (Lipinski definition) is 6. The largest absolute Gasteiger partial charge is 0.493 e. The van der Waals surface area contributed by atoms with Crippen LogP contribution in [-0.2, 0) is 23.0 Å². The van der Waals surface area contributed by atoms with E-state index in [-0.39, 0.29) is 23.3 Å². The highest BCUT2D eigenvalue weighted by Gasteiger charge is 2.39. The van der Waals surface area contributed by atoms with Crippen LogP contribution >= 0.6 is 11.7 Å². The Morgan fingerprint density at radius 1 is 0.970 bits per heavy atom. The SMILES string of the molecule is O=S(=O)(c1cccc2nsnc12)N(Cc1ccc(OCCc2ccc(F)cc2)cc1)C1CC1. The maximum atomic E-state index is 13.5. The fourth-order valence-electron chi connectivity index (χ4n) is 3.70. The highest BCUT2D eigenvalue weighted by Crippen LogP contribution is 2.35. The summed E-state index contributed by atoms with van der Waals surface area (Å²) in [6.45, 7) is 0.760. The van der Waals surface area contributed by atoms with E-state index in [0.717, 1.165) is 35.7 Å². The lowest BCUT2D eigenvalue weighted by Gasteiger charge is -2.22. The molecule has 0 N–H and O–H groups in total. The van der Waals surface area contributed by atoms with Gasteiger partial charge in [-0.15, -0.1) is 0 Å². The second-order valence-electron chi connectivity index (χ2n) is 8.04. The molecule has 0 unspecified atom stereocenters. The molecule has 170 valence electrons. The number of ether oxygens (including phenoxy) is 1. The highest BCUT2D eigenvalue weighted by atomic mass is 32.2. The van der Waals surface area contributed by atoms with Crippen molar-refractivity contribution in [2.75, 3.05) is 6.61 Å². The number of aromatic nitrogens is 2. The van der Waals surface area contributed by atoms with Crippen molar-refractivity contribution in [3.8, 4) is 5.75 Å². The third-order valence-electron chi connectivity index (χ3n) is 5.62. The first kappa shape index (κ1) is 21.9. The lowest BCUT2D eigenvalue weighted by atomic mass is 10.1. The van der Waals surface area contributed by atoms with Gasteiger partial charge >= 0.3 is 0 Å². The van der Waals surface area contributed by atoms with E-state index >= 15 is 0 Å². The van der Waals surface area contributed by atoms with E-state index in [1.54, 1.807) is 34.6 Å². The number of fused-ring (bicyclic) bond motifs is 1. The molecular formula is C24H22FN3O3S2. The average Bonchev–Trinajstić information content (AvgIpc) is 3.54. The molecular weight excluding hydrogens is 461 g/mol. The van der Waals surface area contributed by atoms with Gasteiger partial charge in [-0.2, -0.15) is 13.1 Å². The predicted molar refractivity (Wildman–Crippen MR) is 125 cm³/mol. The zero-order chi connectivity index (χ0) is 22.8. The molecule has 1 aliphatic carbocycles. The number of hydrogen-bond donors (Lipinski definition) is 0. The second-order valence-corrected chi connectivity index (χ2v) is 10.4. The van der Waals surface area contributed by atoms with Gasteiger partial charge in [0.05, 0.1) is 18.3 Å². The van der Waals surface area contributed by atoms with Crippen molar-refractivity contribution in [2.24, 2.45) is 0 Å². The topological polar surface area (TPSA) is 72.4 Å². The van der Waals surface area contributed by atoms with Gasteiger partial charge in [-0.1, -0.05) is 30.3 Å². The molecule has 1 fully saturated rings. The van der Waals surface area contributed by atoms with Crippen LogP contribution in [0.2, 0.25) is 0 Å². The van der Waals surface area contributed by atoms with Crippen molar-refractivity contribution in [2.45, 2.75) is 36.7 Å². The first-order valence-electron chi connectivity index (χ1n) is 10.7. The van der Waals surface area contributed by atoms with Crippen LogP contribution in [0, 0.1) is 5.82 Å². The van der Waals surface area contributed by atoms with Gasteiger partial charge in [-0.05, 0) is 60.4 Å². The van der Waals surface area contributed by atoms with E-state index in [9.17, 15) is 12.8 Å². The normalized spacial score (nSPS) is 14.1. The van der Waals surface area contributed by atoms with Crippen LogP contribution in [0.4, 0.5) is 4.39 Å². The molecule has 0 spiro atoms. The maximum absolute atomic E-state index is 13.5. The second kappa shape index (κ2) is 9.17. The maximum Gasteiger partial charge on any atom is 0.245 e. The average molecular weight is 484 g/mol. The third-order valence-corrected chi connectivity index (χ3v) is 8.10. The molecule has 5 rings (SSSR count). The first-order chi connectivity index (χ1) is 16.0. The molecule has 0 bridgehead atoms. The minimum absolute atomic E-state index is 0.00323. The summed E-state index contributed by atoms with van der Waals surface area (Å²) >= 11 is 1.02. The van der Waals surface area contributed by atoms with Gasteiger partial charge in [0.2, 0.25) is 10.0 Å². The number of halogens is 1. The van der Waals surface area contributed by atoms with E-state index in [1.807, 2.05) is 24.3 Å². The molecule has 0 aliphatic heterocycles. The van der Waals surface area contributed by atoms with Crippen molar-refractivity contribution in [1.82, 2.24) is 13.1 Å². The summed E-state index contributed by atoms with van der Waals surface area (Å²) in [5, 5.41) is 0. The first-order valence-corrected chi connectivity index (χ1v) is 12.9. The van der Waals surface area contributed by atoms with E-state index in [1.165, 1.54) is 12.1 Å². The zero-order valence-corrected chi connectivity index (χ0v) is 19.4. The lowest BCUT2D eigenvalue weighted by Crippen LogP contribution is -2.32. The van der Waals surface area contributed by atoms with Crippen LogP contribution in [0.1, 0.15) is 24.0 Å². The third kappa shape index (κ3) is 4.90. The number of benzene rings is 3. The Kier molecular flexibility index (Phi) is 6.09. The van der Waals surface area contributed by atoms with Gasteiger partial charge in [0.1, 0.15) is 27.5 Å². The minimum Gasteiger partial charge on any atom is -0.493 e. The lowest BCUT2D eigenvalue weighted by molar-refractivity contribution is 0.321. The van der Waals surface area contributed by atoms with Crippen LogP contribution in [0.3, 0.4) is 0 Å². The molecule has 1 aromatic heterocycles. The van der Waals surface area contributed by atoms with Gasteiger partial charge in [0.25, 0.3) is 0 Å². The standard InChI is InChI=1S/C24H22FN3O3S2/c25-19-8-4-17(5-9-19)14-15-31-21-12-6-18(7-13-21)16-28(20-10-11-20)33(29,30)23-3-1-2-22-24(23)27-32-26-22/h1-9,12-13,20H,10-11,14-16H2. The molecule has 0 amide bonds. The highest BCUT2D eigenvalue weighted by molar-refractivity contribution is 7.89. The quantitative estimate of drug-likeness (QED) is 0.342. The van der Waals surface area contributed by atoms with Crippen molar-refractivity contribution < 1.29 is 17.5 Å². The molecule has 1 saturated carbocycles. The van der Waals surface area contributed by atoms with E-state index in [2.05, 4.69) is 8.75 Å². The smallest absolute Gasteiger partial charge is 0.245 e. The molecule has 6 nitrogen and oxygen atoms in total. The minimum atomic E-state index is -3.71. The van der Waals surface area contributed by atoms with E-state index < -0.39 is 10.0 Å². The molecule has 33 heavy (non-hydrogen) atoms. The summed E-state index contributed by atoms with van der Waals surface area (Å²) in [5.74, 6) is 0.456. The van der Waals surface area contributed by atoms with Crippen LogP contribution in [0.5, 0.6) is 5.75 Å². The Morgan fingerprint density at radius 3 is 2.42 bits per heavy atom. The van der Waals surface area contributed by atoms with Crippen molar-refractivity contribution in [1.29, 1.82) is 0 Å². The summed E-state index contributed by atoms with van der Waals surface area (Å²) in [5.41, 5.74) is 2.92. The van der Waals surface area contributed by atoms with Gasteiger partial charge in [-0.3, -0.25) is 0 Å². The molecule has 3 aromatic carbocycles. The Balaban J connectivity index is 1.27. The van der Waals surface area contributed by atoms with Crippen molar-refractivity contribution in [3.05, 3.63) is 83.7 Å². The van der Waals surface area contributed by atoms with Gasteiger partial charge < -0.3 is 4.74 Å². The van der Waals surface area contributed by atoms with Crippen LogP contribution in [0.15, 0.2) is 71.6 Å². The summed E-state index contributed by atoms with van der Waals surface area (Å²) in [6.07, 6.45) is 2.39. The summed E-state index contributed by atoms with van der Waals surface area (Å²) in [6, 6.07) is 18.9. The van der Waals surface area contributed by atoms with E-state index in [4.69, 9.17) is 4.74 Å². The van der Waals surface area contributed by atoms with Crippen LogP contribution < -0.4 is 4.74 Å². The fraction of sp³-hybridized carbons (Fsp3) is 0.250. The van der Waals surface area contributed by atoms with Gasteiger partial charge in [-0.25, -0.2) is 12.8 Å². The Hall–Kier alpha value is -2.88. The summed E-state index contributed by atoms with van der Waals surface area (Å²) in [7, 11) is -3.71. The van der Waals surface area contributed by atoms with Crippen molar-refractivity contribution in [3.63, 3.8) is 0 Å². The summed E-state index contributed by atoms with van der Waals surface area (Å²) in [4.78, 5) is 0.210. The molecule has 1 aliphatic rings. The van der Waals surface area contributed by atoms with Crippen LogP contribution in [-0.4, -0.2) is 34.1 Å². The monoisotopic (exact) mass is 483 g/mol. The number of sulfonamides is 1. The molecule has 0 radical (unpaired) electrons. The van der Waals surface area contributed by atoms with Gasteiger partial charge in [0, 0.05) is 19.0 Å². The Labute approximate surface area is 196 Å².